The molecule has 1 fully saturated rings. The highest BCUT2D eigenvalue weighted by molar-refractivity contribution is 7.91. The molecule has 0 unspecified atom stereocenters. The van der Waals surface area contributed by atoms with Crippen LogP contribution in [0.1, 0.15) is 27.3 Å². The number of ketones is 1. The van der Waals surface area contributed by atoms with Gasteiger partial charge in [-0.1, -0.05) is 23.7 Å². The third kappa shape index (κ3) is 5.00. The molecule has 0 spiro atoms. The molecule has 0 amide bonds. The van der Waals surface area contributed by atoms with Gasteiger partial charge in [0.05, 0.1) is 18.1 Å². The number of sulfone groups is 1. The molecule has 1 aliphatic heterocycles. The topological polar surface area (TPSA) is 59.4 Å². The fourth-order valence-corrected chi connectivity index (χ4v) is 4.92. The van der Waals surface area contributed by atoms with E-state index >= 15 is 0 Å². The van der Waals surface area contributed by atoms with Crippen LogP contribution in [0.25, 0.3) is 0 Å². The molecule has 1 aromatic heterocycles. The molecule has 27 heavy (non-hydrogen) atoms. The molecule has 0 aliphatic carbocycles. The molecule has 0 atom stereocenters. The minimum atomic E-state index is -2.93. The van der Waals surface area contributed by atoms with E-state index in [9.17, 15) is 13.2 Å². The summed E-state index contributed by atoms with van der Waals surface area (Å²) in [5.74, 6) is 0.334. The van der Waals surface area contributed by atoms with Crippen LogP contribution in [0, 0.1) is 13.8 Å². The van der Waals surface area contributed by atoms with E-state index in [-0.39, 0.29) is 23.8 Å². The van der Waals surface area contributed by atoms with Crippen LogP contribution < -0.4 is 0 Å². The van der Waals surface area contributed by atoms with Gasteiger partial charge in [0.1, 0.15) is 0 Å². The van der Waals surface area contributed by atoms with E-state index in [2.05, 4.69) is 4.57 Å². The van der Waals surface area contributed by atoms with Crippen LogP contribution in [0.3, 0.4) is 0 Å². The number of carbonyl (C=O) groups excluding carboxylic acids is 1. The average molecular weight is 409 g/mol. The summed E-state index contributed by atoms with van der Waals surface area (Å²) in [5, 5.41) is 0.727. The van der Waals surface area contributed by atoms with Crippen molar-refractivity contribution >= 4 is 27.2 Å². The van der Waals surface area contributed by atoms with Gasteiger partial charge < -0.3 is 4.57 Å². The van der Waals surface area contributed by atoms with E-state index in [0.29, 0.717) is 13.1 Å². The molecule has 1 saturated heterocycles. The van der Waals surface area contributed by atoms with Crippen LogP contribution >= 0.6 is 11.6 Å². The van der Waals surface area contributed by atoms with E-state index in [4.69, 9.17) is 11.6 Å². The van der Waals surface area contributed by atoms with Crippen LogP contribution in [-0.4, -0.2) is 54.8 Å². The standard InChI is InChI=1S/C20H25ClN2O3S/c1-15-13-19(20(24)14-22-9-11-27(25,26)12-10-22)16(2)23(15)8-7-17-3-5-18(21)6-4-17/h3-6,13H,7-12,14H2,1-2H3. The molecule has 0 radical (unpaired) electrons. The third-order valence-corrected chi connectivity index (χ3v) is 7.08. The number of hydrogen-bond donors (Lipinski definition) is 0. The Bertz CT molecular complexity index is 919. The molecule has 3 rings (SSSR count). The average Bonchev–Trinajstić information content (AvgIpc) is 2.91. The third-order valence-electron chi connectivity index (χ3n) is 5.22. The summed E-state index contributed by atoms with van der Waals surface area (Å²) in [5.41, 5.74) is 3.97. The van der Waals surface area contributed by atoms with Crippen molar-refractivity contribution in [2.75, 3.05) is 31.1 Å². The maximum atomic E-state index is 12.8. The van der Waals surface area contributed by atoms with Gasteiger partial charge in [-0.15, -0.1) is 0 Å². The first kappa shape index (κ1) is 20.1. The highest BCUT2D eigenvalue weighted by atomic mass is 35.5. The Balaban J connectivity index is 1.65. The predicted molar refractivity (Wildman–Crippen MR) is 108 cm³/mol. The summed E-state index contributed by atoms with van der Waals surface area (Å²) in [7, 11) is -2.93. The molecule has 7 heteroatoms. The SMILES string of the molecule is Cc1cc(C(=O)CN2CCS(=O)(=O)CC2)c(C)n1CCc1ccc(Cl)cc1. The fraction of sp³-hybridized carbons (Fsp3) is 0.450. The largest absolute Gasteiger partial charge is 0.348 e. The summed E-state index contributed by atoms with van der Waals surface area (Å²) in [6.45, 7) is 5.93. The van der Waals surface area contributed by atoms with E-state index in [1.165, 1.54) is 5.56 Å². The monoisotopic (exact) mass is 408 g/mol. The Morgan fingerprint density at radius 1 is 1.11 bits per heavy atom. The predicted octanol–water partition coefficient (Wildman–Crippen LogP) is 2.91. The number of Topliss-reactive ketones (excluding diaryl/α,β-unsaturated/α-hetero) is 1. The van der Waals surface area contributed by atoms with Gasteiger partial charge in [0.25, 0.3) is 0 Å². The van der Waals surface area contributed by atoms with Gasteiger partial charge in [-0.25, -0.2) is 8.42 Å². The number of aryl methyl sites for hydroxylation is 2. The Kier molecular flexibility index (Phi) is 6.08. The summed E-state index contributed by atoms with van der Waals surface area (Å²) >= 11 is 5.93. The second-order valence-electron chi connectivity index (χ2n) is 7.16. The first-order valence-corrected chi connectivity index (χ1v) is 11.3. The number of rotatable bonds is 6. The number of nitrogens with zero attached hydrogens (tertiary/aromatic N) is 2. The number of benzene rings is 1. The zero-order valence-corrected chi connectivity index (χ0v) is 17.3. The molecular weight excluding hydrogens is 384 g/mol. The Labute approximate surface area is 165 Å². The summed E-state index contributed by atoms with van der Waals surface area (Å²) in [6.07, 6.45) is 0.866. The van der Waals surface area contributed by atoms with Crippen molar-refractivity contribution in [3.63, 3.8) is 0 Å². The highest BCUT2D eigenvalue weighted by Crippen LogP contribution is 2.18. The fourth-order valence-electron chi connectivity index (χ4n) is 3.52. The van der Waals surface area contributed by atoms with Crippen molar-refractivity contribution in [1.82, 2.24) is 9.47 Å². The summed E-state index contributed by atoms with van der Waals surface area (Å²) in [4.78, 5) is 14.7. The smallest absolute Gasteiger partial charge is 0.178 e. The summed E-state index contributed by atoms with van der Waals surface area (Å²) < 4.78 is 25.2. The number of halogens is 1. The lowest BCUT2D eigenvalue weighted by Crippen LogP contribution is -2.42. The van der Waals surface area contributed by atoms with E-state index in [1.807, 2.05) is 49.1 Å². The van der Waals surface area contributed by atoms with Gasteiger partial charge >= 0.3 is 0 Å². The molecular formula is C20H25ClN2O3S. The Morgan fingerprint density at radius 3 is 2.37 bits per heavy atom. The lowest BCUT2D eigenvalue weighted by Gasteiger charge is -2.25. The number of hydrogen-bond acceptors (Lipinski definition) is 4. The van der Waals surface area contributed by atoms with Crippen LogP contribution in [0.2, 0.25) is 5.02 Å². The lowest BCUT2D eigenvalue weighted by molar-refractivity contribution is 0.0935. The quantitative estimate of drug-likeness (QED) is 0.689. The van der Waals surface area contributed by atoms with Gasteiger partial charge in [0, 0.05) is 41.6 Å². The zero-order valence-electron chi connectivity index (χ0n) is 15.7. The van der Waals surface area contributed by atoms with Gasteiger partial charge in [-0.3, -0.25) is 9.69 Å². The minimum absolute atomic E-state index is 0.0557. The Morgan fingerprint density at radius 2 is 1.74 bits per heavy atom. The minimum Gasteiger partial charge on any atom is -0.348 e. The molecule has 5 nitrogen and oxygen atoms in total. The number of aromatic nitrogens is 1. The van der Waals surface area contributed by atoms with E-state index in [0.717, 1.165) is 34.9 Å². The molecule has 0 bridgehead atoms. The maximum Gasteiger partial charge on any atom is 0.178 e. The first-order chi connectivity index (χ1) is 12.7. The van der Waals surface area contributed by atoms with Crippen molar-refractivity contribution in [3.05, 3.63) is 57.9 Å². The van der Waals surface area contributed by atoms with Crippen molar-refractivity contribution in [1.29, 1.82) is 0 Å². The van der Waals surface area contributed by atoms with Crippen molar-refractivity contribution in [2.24, 2.45) is 0 Å². The molecule has 1 aromatic carbocycles. The number of carbonyl (C=O) groups is 1. The molecule has 1 aliphatic rings. The van der Waals surface area contributed by atoms with Crippen molar-refractivity contribution in [3.8, 4) is 0 Å². The van der Waals surface area contributed by atoms with Gasteiger partial charge in [0.15, 0.2) is 15.6 Å². The van der Waals surface area contributed by atoms with Gasteiger partial charge in [0.2, 0.25) is 0 Å². The van der Waals surface area contributed by atoms with Crippen LogP contribution in [0.15, 0.2) is 30.3 Å². The maximum absolute atomic E-state index is 12.8. The molecule has 146 valence electrons. The highest BCUT2D eigenvalue weighted by Gasteiger charge is 2.24. The van der Waals surface area contributed by atoms with Gasteiger partial charge in [-0.05, 0) is 44.0 Å². The normalized spacial score (nSPS) is 17.1. The van der Waals surface area contributed by atoms with Crippen molar-refractivity contribution < 1.29 is 13.2 Å². The van der Waals surface area contributed by atoms with Crippen LogP contribution in [0.4, 0.5) is 0 Å². The van der Waals surface area contributed by atoms with Gasteiger partial charge in [-0.2, -0.15) is 0 Å². The summed E-state index contributed by atoms with van der Waals surface area (Å²) in [6, 6.07) is 9.76. The molecule has 2 heterocycles. The first-order valence-electron chi connectivity index (χ1n) is 9.12. The Hall–Kier alpha value is -1.63. The lowest BCUT2D eigenvalue weighted by atomic mass is 10.1. The molecule has 0 saturated carbocycles. The molecule has 2 aromatic rings. The second kappa shape index (κ2) is 8.17. The van der Waals surface area contributed by atoms with Crippen LogP contribution in [0.5, 0.6) is 0 Å². The second-order valence-corrected chi connectivity index (χ2v) is 9.90. The van der Waals surface area contributed by atoms with E-state index in [1.54, 1.807) is 0 Å². The van der Waals surface area contributed by atoms with Crippen LogP contribution in [-0.2, 0) is 22.8 Å². The molecule has 0 N–H and O–H groups in total. The van der Waals surface area contributed by atoms with E-state index < -0.39 is 9.84 Å². The zero-order chi connectivity index (χ0) is 19.6. The van der Waals surface area contributed by atoms with Crippen molar-refractivity contribution in [2.45, 2.75) is 26.8 Å².